The lowest BCUT2D eigenvalue weighted by Gasteiger charge is -2.24. The fraction of sp³-hybridized carbons (Fsp3) is 0.538. The molecule has 0 saturated carbocycles. The van der Waals surface area contributed by atoms with Crippen molar-refractivity contribution in [2.45, 2.75) is 26.4 Å². The average molecular weight is 207 g/mol. The number of rotatable bonds is 5. The van der Waals surface area contributed by atoms with Gasteiger partial charge in [-0.15, -0.1) is 0 Å². The van der Waals surface area contributed by atoms with Crippen LogP contribution in [0.2, 0.25) is 0 Å². The van der Waals surface area contributed by atoms with E-state index < -0.39 is 5.60 Å². The molecule has 1 rings (SSSR count). The van der Waals surface area contributed by atoms with Gasteiger partial charge in [0.25, 0.3) is 0 Å². The van der Waals surface area contributed by atoms with Crippen LogP contribution in [-0.2, 0) is 5.60 Å². The minimum atomic E-state index is -0.782. The first-order chi connectivity index (χ1) is 7.02. The van der Waals surface area contributed by atoms with Crippen molar-refractivity contribution in [3.05, 3.63) is 35.9 Å². The fourth-order valence-corrected chi connectivity index (χ4v) is 1.50. The van der Waals surface area contributed by atoms with Gasteiger partial charge in [-0.3, -0.25) is 0 Å². The Hall–Kier alpha value is -0.860. The van der Waals surface area contributed by atoms with E-state index in [-0.39, 0.29) is 0 Å². The highest BCUT2D eigenvalue weighted by Gasteiger charge is 2.21. The highest BCUT2D eigenvalue weighted by atomic mass is 16.3. The van der Waals surface area contributed by atoms with Crippen LogP contribution in [0.5, 0.6) is 0 Å². The molecule has 1 atom stereocenters. The topological polar surface area (TPSA) is 32.3 Å². The van der Waals surface area contributed by atoms with E-state index in [1.165, 1.54) is 0 Å². The summed E-state index contributed by atoms with van der Waals surface area (Å²) >= 11 is 0. The minimum absolute atomic E-state index is 0.592. The largest absolute Gasteiger partial charge is 0.384 e. The molecule has 0 spiro atoms. The van der Waals surface area contributed by atoms with Gasteiger partial charge in [0.05, 0.1) is 5.60 Å². The second-order valence-corrected chi connectivity index (χ2v) is 4.66. The van der Waals surface area contributed by atoms with Gasteiger partial charge >= 0.3 is 0 Å². The van der Waals surface area contributed by atoms with Gasteiger partial charge < -0.3 is 10.4 Å². The van der Waals surface area contributed by atoms with Crippen molar-refractivity contribution in [2.75, 3.05) is 13.1 Å². The maximum absolute atomic E-state index is 10.2. The molecule has 0 heterocycles. The van der Waals surface area contributed by atoms with E-state index in [9.17, 15) is 5.11 Å². The molecule has 15 heavy (non-hydrogen) atoms. The third-order valence-corrected chi connectivity index (χ3v) is 2.42. The monoisotopic (exact) mass is 207 g/mol. The molecular weight excluding hydrogens is 186 g/mol. The molecule has 0 aliphatic rings. The maximum Gasteiger partial charge on any atom is 0.0992 e. The molecule has 2 heteroatoms. The van der Waals surface area contributed by atoms with E-state index in [1.54, 1.807) is 0 Å². The van der Waals surface area contributed by atoms with Gasteiger partial charge in [-0.05, 0) is 24.9 Å². The van der Waals surface area contributed by atoms with Crippen LogP contribution in [-0.4, -0.2) is 18.2 Å². The van der Waals surface area contributed by atoms with Crippen LogP contribution in [0.15, 0.2) is 30.3 Å². The molecule has 0 aliphatic heterocycles. The first kappa shape index (κ1) is 12.2. The summed E-state index contributed by atoms with van der Waals surface area (Å²) in [5.74, 6) is 0.608. The van der Waals surface area contributed by atoms with Crippen molar-refractivity contribution in [1.82, 2.24) is 5.32 Å². The van der Waals surface area contributed by atoms with Crippen molar-refractivity contribution >= 4 is 0 Å². The highest BCUT2D eigenvalue weighted by molar-refractivity contribution is 5.21. The number of hydrogen-bond acceptors (Lipinski definition) is 2. The predicted molar refractivity (Wildman–Crippen MR) is 63.7 cm³/mol. The summed E-state index contributed by atoms with van der Waals surface area (Å²) in [4.78, 5) is 0. The molecular formula is C13H21NO. The molecule has 2 N–H and O–H groups in total. The lowest BCUT2D eigenvalue weighted by Crippen LogP contribution is -2.36. The van der Waals surface area contributed by atoms with Gasteiger partial charge in [0.2, 0.25) is 0 Å². The van der Waals surface area contributed by atoms with E-state index in [1.807, 2.05) is 37.3 Å². The Labute approximate surface area is 92.3 Å². The number of nitrogens with one attached hydrogen (secondary N) is 1. The Bertz CT molecular complexity index is 280. The molecule has 0 fully saturated rings. The van der Waals surface area contributed by atoms with Crippen molar-refractivity contribution < 1.29 is 5.11 Å². The maximum atomic E-state index is 10.2. The van der Waals surface area contributed by atoms with Crippen LogP contribution in [0.1, 0.15) is 26.3 Å². The Morgan fingerprint density at radius 2 is 1.87 bits per heavy atom. The van der Waals surface area contributed by atoms with Gasteiger partial charge in [-0.1, -0.05) is 44.2 Å². The van der Waals surface area contributed by atoms with Crippen molar-refractivity contribution in [3.8, 4) is 0 Å². The second kappa shape index (κ2) is 5.29. The van der Waals surface area contributed by atoms with Crippen LogP contribution >= 0.6 is 0 Å². The number of hydrogen-bond donors (Lipinski definition) is 2. The zero-order valence-corrected chi connectivity index (χ0v) is 9.83. The molecule has 2 nitrogen and oxygen atoms in total. The normalized spacial score (nSPS) is 15.3. The summed E-state index contributed by atoms with van der Waals surface area (Å²) in [6.07, 6.45) is 0. The first-order valence-corrected chi connectivity index (χ1v) is 5.51. The average Bonchev–Trinajstić information content (AvgIpc) is 2.18. The lowest BCUT2D eigenvalue weighted by molar-refractivity contribution is 0.0564. The van der Waals surface area contributed by atoms with Crippen LogP contribution in [0.4, 0.5) is 0 Å². The van der Waals surface area contributed by atoms with Crippen LogP contribution < -0.4 is 5.32 Å². The highest BCUT2D eigenvalue weighted by Crippen LogP contribution is 2.18. The molecule has 0 radical (unpaired) electrons. The van der Waals surface area contributed by atoms with E-state index >= 15 is 0 Å². The Morgan fingerprint density at radius 1 is 1.27 bits per heavy atom. The molecule has 0 amide bonds. The molecule has 0 saturated heterocycles. The first-order valence-electron chi connectivity index (χ1n) is 5.51. The molecule has 1 aromatic rings. The molecule has 0 bridgehead atoms. The zero-order chi connectivity index (χ0) is 11.3. The molecule has 0 aromatic heterocycles. The Morgan fingerprint density at radius 3 is 2.40 bits per heavy atom. The van der Waals surface area contributed by atoms with Crippen molar-refractivity contribution in [1.29, 1.82) is 0 Å². The number of aliphatic hydroxyl groups is 1. The van der Waals surface area contributed by atoms with Gasteiger partial charge in [0.15, 0.2) is 0 Å². The number of benzene rings is 1. The van der Waals surface area contributed by atoms with Gasteiger partial charge in [-0.2, -0.15) is 0 Å². The van der Waals surface area contributed by atoms with E-state index in [4.69, 9.17) is 0 Å². The summed E-state index contributed by atoms with van der Waals surface area (Å²) in [5, 5.41) is 13.5. The predicted octanol–water partition coefficient (Wildman–Crippen LogP) is 2.14. The van der Waals surface area contributed by atoms with E-state index in [2.05, 4.69) is 19.2 Å². The third kappa shape index (κ3) is 4.02. The summed E-state index contributed by atoms with van der Waals surface area (Å²) in [6, 6.07) is 9.77. The molecule has 0 aliphatic carbocycles. The quantitative estimate of drug-likeness (QED) is 0.775. The summed E-state index contributed by atoms with van der Waals surface area (Å²) < 4.78 is 0. The molecule has 84 valence electrons. The van der Waals surface area contributed by atoms with Crippen LogP contribution in [0.25, 0.3) is 0 Å². The Kier molecular flexibility index (Phi) is 4.30. The van der Waals surface area contributed by atoms with Crippen LogP contribution in [0.3, 0.4) is 0 Å². The lowest BCUT2D eigenvalue weighted by atomic mass is 9.96. The van der Waals surface area contributed by atoms with Gasteiger partial charge in [0.1, 0.15) is 0 Å². The SMILES string of the molecule is CC(C)CNC[C@](C)(O)c1ccccc1. The van der Waals surface area contributed by atoms with E-state index in [0.717, 1.165) is 12.1 Å². The standard InChI is InChI=1S/C13H21NO/c1-11(2)9-14-10-13(3,15)12-7-5-4-6-8-12/h4-8,11,14-15H,9-10H2,1-3H3/t13-/m0/s1. The third-order valence-electron chi connectivity index (χ3n) is 2.42. The fourth-order valence-electron chi connectivity index (χ4n) is 1.50. The molecule has 1 aromatic carbocycles. The summed E-state index contributed by atoms with van der Waals surface area (Å²) in [5.41, 5.74) is 0.178. The zero-order valence-electron chi connectivity index (χ0n) is 9.83. The Balaban J connectivity index is 2.52. The van der Waals surface area contributed by atoms with Gasteiger partial charge in [0, 0.05) is 6.54 Å². The second-order valence-electron chi connectivity index (χ2n) is 4.66. The smallest absolute Gasteiger partial charge is 0.0992 e. The van der Waals surface area contributed by atoms with Gasteiger partial charge in [-0.25, -0.2) is 0 Å². The van der Waals surface area contributed by atoms with Crippen molar-refractivity contribution in [3.63, 3.8) is 0 Å². The molecule has 0 unspecified atom stereocenters. The van der Waals surface area contributed by atoms with Crippen molar-refractivity contribution in [2.24, 2.45) is 5.92 Å². The minimum Gasteiger partial charge on any atom is -0.384 e. The summed E-state index contributed by atoms with van der Waals surface area (Å²) in [6.45, 7) is 7.68. The summed E-state index contributed by atoms with van der Waals surface area (Å²) in [7, 11) is 0. The van der Waals surface area contributed by atoms with Crippen LogP contribution in [0, 0.1) is 5.92 Å². The van der Waals surface area contributed by atoms with E-state index in [0.29, 0.717) is 12.5 Å².